The summed E-state index contributed by atoms with van der Waals surface area (Å²) in [6.45, 7) is 3.28. The lowest BCUT2D eigenvalue weighted by Crippen LogP contribution is -2.40. The van der Waals surface area contributed by atoms with E-state index < -0.39 is 10.0 Å². The number of piperidine rings is 1. The van der Waals surface area contributed by atoms with Crippen LogP contribution in [0.4, 0.5) is 0 Å². The average molecular weight is 375 g/mol. The summed E-state index contributed by atoms with van der Waals surface area (Å²) < 4.78 is 25.9. The summed E-state index contributed by atoms with van der Waals surface area (Å²) in [5.74, 6) is 0.330. The summed E-state index contributed by atoms with van der Waals surface area (Å²) in [5, 5.41) is 0. The standard InChI is InChI=1S/C15H23BrN2O2S/c1-11-5-6-13(14(16)8-11)15(17)9-12-4-3-7-18(10-12)21(2,19)20/h5-6,8,12,15H,3-4,7,9-10,17H2,1-2H3. The number of rotatable bonds is 4. The summed E-state index contributed by atoms with van der Waals surface area (Å²) in [7, 11) is -3.09. The van der Waals surface area contributed by atoms with Crippen LogP contribution in [-0.4, -0.2) is 32.1 Å². The minimum Gasteiger partial charge on any atom is -0.324 e. The fourth-order valence-electron chi connectivity index (χ4n) is 2.94. The van der Waals surface area contributed by atoms with Crippen molar-refractivity contribution in [3.8, 4) is 0 Å². The molecule has 4 nitrogen and oxygen atoms in total. The predicted octanol–water partition coefficient (Wildman–Crippen LogP) is 2.82. The summed E-state index contributed by atoms with van der Waals surface area (Å²) in [4.78, 5) is 0. The maximum atomic E-state index is 11.7. The molecule has 1 aliphatic heterocycles. The summed E-state index contributed by atoms with van der Waals surface area (Å²) in [5.41, 5.74) is 8.62. The molecule has 1 fully saturated rings. The van der Waals surface area contributed by atoms with Gasteiger partial charge in [-0.25, -0.2) is 12.7 Å². The van der Waals surface area contributed by atoms with E-state index in [1.165, 1.54) is 11.8 Å². The van der Waals surface area contributed by atoms with Gasteiger partial charge in [-0.2, -0.15) is 0 Å². The largest absolute Gasteiger partial charge is 0.324 e. The molecular formula is C15H23BrN2O2S. The summed E-state index contributed by atoms with van der Waals surface area (Å²) in [6.07, 6.45) is 4.06. The van der Waals surface area contributed by atoms with E-state index in [1.54, 1.807) is 4.31 Å². The number of sulfonamides is 1. The Morgan fingerprint density at radius 2 is 2.19 bits per heavy atom. The molecule has 0 saturated carbocycles. The first kappa shape index (κ1) is 16.9. The first-order valence-electron chi connectivity index (χ1n) is 7.24. The van der Waals surface area contributed by atoms with Crippen molar-refractivity contribution < 1.29 is 8.42 Å². The molecule has 0 bridgehead atoms. The molecule has 1 aliphatic rings. The van der Waals surface area contributed by atoms with Gasteiger partial charge < -0.3 is 5.73 Å². The van der Waals surface area contributed by atoms with E-state index in [-0.39, 0.29) is 6.04 Å². The van der Waals surface area contributed by atoms with Crippen molar-refractivity contribution in [1.82, 2.24) is 4.31 Å². The summed E-state index contributed by atoms with van der Waals surface area (Å²) >= 11 is 3.57. The van der Waals surface area contributed by atoms with Crippen molar-refractivity contribution in [2.24, 2.45) is 11.7 Å². The lowest BCUT2D eigenvalue weighted by molar-refractivity contribution is 0.247. The molecule has 0 aromatic heterocycles. The Hall–Kier alpha value is -0.430. The Bertz CT molecular complexity index is 604. The fourth-order valence-corrected chi connectivity index (χ4v) is 4.67. The lowest BCUT2D eigenvalue weighted by atomic mass is 9.90. The van der Waals surface area contributed by atoms with Gasteiger partial charge in [0.05, 0.1) is 6.26 Å². The van der Waals surface area contributed by atoms with Crippen molar-refractivity contribution in [2.45, 2.75) is 32.2 Å². The van der Waals surface area contributed by atoms with E-state index in [0.29, 0.717) is 19.0 Å². The van der Waals surface area contributed by atoms with Gasteiger partial charge in [-0.3, -0.25) is 0 Å². The van der Waals surface area contributed by atoms with Crippen LogP contribution in [0.2, 0.25) is 0 Å². The minimum absolute atomic E-state index is 0.0653. The van der Waals surface area contributed by atoms with Crippen molar-refractivity contribution in [2.75, 3.05) is 19.3 Å². The molecule has 0 radical (unpaired) electrons. The van der Waals surface area contributed by atoms with Gasteiger partial charge in [0.15, 0.2) is 0 Å². The van der Waals surface area contributed by atoms with Gasteiger partial charge in [0, 0.05) is 23.6 Å². The molecule has 21 heavy (non-hydrogen) atoms. The third kappa shape index (κ3) is 4.52. The first-order valence-corrected chi connectivity index (χ1v) is 9.88. The molecule has 1 heterocycles. The van der Waals surface area contributed by atoms with E-state index in [1.807, 2.05) is 6.92 Å². The van der Waals surface area contributed by atoms with E-state index >= 15 is 0 Å². The number of hydrogen-bond donors (Lipinski definition) is 1. The van der Waals surface area contributed by atoms with Crippen molar-refractivity contribution in [3.63, 3.8) is 0 Å². The topological polar surface area (TPSA) is 63.4 Å². The number of nitrogens with two attached hydrogens (primary N) is 1. The Labute approximate surface area is 135 Å². The zero-order valence-electron chi connectivity index (χ0n) is 12.5. The molecule has 1 aromatic carbocycles. The van der Waals surface area contributed by atoms with Gasteiger partial charge >= 0.3 is 0 Å². The molecule has 2 N–H and O–H groups in total. The number of hydrogen-bond acceptors (Lipinski definition) is 3. The van der Waals surface area contributed by atoms with Gasteiger partial charge in [-0.15, -0.1) is 0 Å². The second-order valence-electron chi connectivity index (χ2n) is 6.00. The third-order valence-corrected chi connectivity index (χ3v) is 6.05. The molecule has 2 unspecified atom stereocenters. The van der Waals surface area contributed by atoms with Gasteiger partial charge in [0.25, 0.3) is 0 Å². The maximum absolute atomic E-state index is 11.7. The minimum atomic E-state index is -3.09. The van der Waals surface area contributed by atoms with Gasteiger partial charge in [-0.05, 0) is 49.3 Å². The second kappa shape index (κ2) is 6.77. The average Bonchev–Trinajstić information content (AvgIpc) is 2.37. The monoisotopic (exact) mass is 374 g/mol. The normalized spacial score (nSPS) is 22.2. The quantitative estimate of drug-likeness (QED) is 0.880. The van der Waals surface area contributed by atoms with E-state index in [0.717, 1.165) is 29.3 Å². The molecular weight excluding hydrogens is 352 g/mol. The van der Waals surface area contributed by atoms with Crippen LogP contribution in [0.15, 0.2) is 22.7 Å². The van der Waals surface area contributed by atoms with Crippen molar-refractivity contribution in [1.29, 1.82) is 0 Å². The van der Waals surface area contributed by atoms with E-state index in [2.05, 4.69) is 34.1 Å². The van der Waals surface area contributed by atoms with Crippen LogP contribution in [0, 0.1) is 12.8 Å². The molecule has 2 atom stereocenters. The van der Waals surface area contributed by atoms with Crippen LogP contribution in [0.3, 0.4) is 0 Å². The number of aryl methyl sites for hydroxylation is 1. The maximum Gasteiger partial charge on any atom is 0.211 e. The molecule has 0 aliphatic carbocycles. The van der Waals surface area contributed by atoms with Crippen LogP contribution in [0.1, 0.15) is 36.4 Å². The molecule has 1 aromatic rings. The number of benzene rings is 1. The lowest BCUT2D eigenvalue weighted by Gasteiger charge is -2.32. The van der Waals surface area contributed by atoms with Crippen molar-refractivity contribution >= 4 is 26.0 Å². The van der Waals surface area contributed by atoms with Crippen LogP contribution < -0.4 is 5.73 Å². The summed E-state index contributed by atoms with van der Waals surface area (Å²) in [6, 6.07) is 6.12. The van der Waals surface area contributed by atoms with Gasteiger partial charge in [-0.1, -0.05) is 28.1 Å². The highest BCUT2D eigenvalue weighted by Gasteiger charge is 2.27. The van der Waals surface area contributed by atoms with Crippen LogP contribution in [0.25, 0.3) is 0 Å². The zero-order chi connectivity index (χ0) is 15.6. The van der Waals surface area contributed by atoms with E-state index in [9.17, 15) is 8.42 Å². The number of halogens is 1. The molecule has 0 amide bonds. The number of nitrogens with zero attached hydrogens (tertiary/aromatic N) is 1. The third-order valence-electron chi connectivity index (χ3n) is 4.09. The molecule has 0 spiro atoms. The SMILES string of the molecule is Cc1ccc(C(N)CC2CCCN(S(C)(=O)=O)C2)c(Br)c1. The molecule has 1 saturated heterocycles. The smallest absolute Gasteiger partial charge is 0.211 e. The molecule has 6 heteroatoms. The Morgan fingerprint density at radius 1 is 1.48 bits per heavy atom. The van der Waals surface area contributed by atoms with Gasteiger partial charge in [0.2, 0.25) is 10.0 Å². The molecule has 118 valence electrons. The fraction of sp³-hybridized carbons (Fsp3) is 0.600. The predicted molar refractivity (Wildman–Crippen MR) is 89.6 cm³/mol. The van der Waals surface area contributed by atoms with E-state index in [4.69, 9.17) is 5.73 Å². The van der Waals surface area contributed by atoms with Crippen LogP contribution >= 0.6 is 15.9 Å². The highest BCUT2D eigenvalue weighted by molar-refractivity contribution is 9.10. The van der Waals surface area contributed by atoms with Crippen molar-refractivity contribution in [3.05, 3.63) is 33.8 Å². The van der Waals surface area contributed by atoms with Gasteiger partial charge in [0.1, 0.15) is 0 Å². The Balaban J connectivity index is 2.03. The van der Waals surface area contributed by atoms with Crippen LogP contribution in [0.5, 0.6) is 0 Å². The Kier molecular flexibility index (Phi) is 5.46. The first-order chi connectivity index (χ1) is 9.77. The zero-order valence-corrected chi connectivity index (χ0v) is 15.0. The highest BCUT2D eigenvalue weighted by Crippen LogP contribution is 2.30. The van der Waals surface area contributed by atoms with Crippen LogP contribution in [-0.2, 0) is 10.0 Å². The second-order valence-corrected chi connectivity index (χ2v) is 8.83. The highest BCUT2D eigenvalue weighted by atomic mass is 79.9. The Morgan fingerprint density at radius 3 is 2.81 bits per heavy atom. The molecule has 2 rings (SSSR count).